The largest absolute Gasteiger partial charge is 0.0651 e. The van der Waals surface area contributed by atoms with E-state index in [0.717, 1.165) is 23.7 Å². The van der Waals surface area contributed by atoms with E-state index in [1.165, 1.54) is 19.3 Å². The van der Waals surface area contributed by atoms with Crippen LogP contribution in [0.2, 0.25) is 0 Å². The van der Waals surface area contributed by atoms with Gasteiger partial charge in [-0.25, -0.2) is 0 Å². The van der Waals surface area contributed by atoms with E-state index in [1.807, 2.05) is 0 Å². The zero-order valence-electron chi connectivity index (χ0n) is 8.55. The Bertz CT molecular complexity index is 144. The highest BCUT2D eigenvalue weighted by atomic mass is 14.4. The Morgan fingerprint density at radius 2 is 1.92 bits per heavy atom. The Kier molecular flexibility index (Phi) is 2.43. The molecule has 0 saturated heterocycles. The number of hydrogen-bond donors (Lipinski definition) is 0. The molecule has 0 radical (unpaired) electrons. The third-order valence-electron chi connectivity index (χ3n) is 4.38. The highest BCUT2D eigenvalue weighted by molar-refractivity contribution is 4.88. The van der Waals surface area contributed by atoms with Crippen LogP contribution in [0.1, 0.15) is 52.4 Å². The summed E-state index contributed by atoms with van der Waals surface area (Å²) in [4.78, 5) is 0. The molecule has 0 aromatic rings. The highest BCUT2D eigenvalue weighted by Gasteiger charge is 2.38. The summed E-state index contributed by atoms with van der Waals surface area (Å²) in [5, 5.41) is 0. The van der Waals surface area contributed by atoms with E-state index in [0.29, 0.717) is 0 Å². The van der Waals surface area contributed by atoms with Gasteiger partial charge in [-0.2, -0.15) is 0 Å². The van der Waals surface area contributed by atoms with Crippen molar-refractivity contribution in [3.05, 3.63) is 0 Å². The van der Waals surface area contributed by atoms with Crippen molar-refractivity contribution >= 4 is 0 Å². The molecule has 2 aliphatic rings. The monoisotopic (exact) mass is 166 g/mol. The predicted molar refractivity (Wildman–Crippen MR) is 53.0 cm³/mol. The lowest BCUT2D eigenvalue weighted by atomic mass is 9.65. The summed E-state index contributed by atoms with van der Waals surface area (Å²) in [5.41, 5.74) is 0. The molecular weight excluding hydrogens is 144 g/mol. The van der Waals surface area contributed by atoms with Crippen LogP contribution < -0.4 is 0 Å². The van der Waals surface area contributed by atoms with Crippen LogP contribution in [0.4, 0.5) is 0 Å². The van der Waals surface area contributed by atoms with Gasteiger partial charge in [-0.05, 0) is 42.9 Å². The molecule has 2 fully saturated rings. The molecule has 0 aromatic heterocycles. The van der Waals surface area contributed by atoms with Crippen molar-refractivity contribution in [2.24, 2.45) is 23.7 Å². The summed E-state index contributed by atoms with van der Waals surface area (Å²) >= 11 is 0. The fourth-order valence-electron chi connectivity index (χ4n) is 3.34. The first-order valence-corrected chi connectivity index (χ1v) is 5.81. The molecule has 0 nitrogen and oxygen atoms in total. The zero-order valence-corrected chi connectivity index (χ0v) is 8.55. The minimum Gasteiger partial charge on any atom is -0.0651 e. The second-order valence-electron chi connectivity index (χ2n) is 5.08. The topological polar surface area (TPSA) is 0 Å². The quantitative estimate of drug-likeness (QED) is 0.584. The van der Waals surface area contributed by atoms with Gasteiger partial charge in [0.15, 0.2) is 0 Å². The van der Waals surface area contributed by atoms with Crippen molar-refractivity contribution in [2.45, 2.75) is 52.4 Å². The van der Waals surface area contributed by atoms with E-state index >= 15 is 0 Å². The highest BCUT2D eigenvalue weighted by Crippen LogP contribution is 2.48. The molecule has 12 heavy (non-hydrogen) atoms. The van der Waals surface area contributed by atoms with Crippen molar-refractivity contribution in [3.8, 4) is 0 Å². The lowest BCUT2D eigenvalue weighted by Gasteiger charge is -2.40. The van der Waals surface area contributed by atoms with Crippen molar-refractivity contribution in [1.82, 2.24) is 0 Å². The maximum Gasteiger partial charge on any atom is -0.0360 e. The first kappa shape index (κ1) is 8.59. The van der Waals surface area contributed by atoms with Crippen LogP contribution in [0.5, 0.6) is 0 Å². The van der Waals surface area contributed by atoms with Gasteiger partial charge >= 0.3 is 0 Å². The van der Waals surface area contributed by atoms with E-state index in [4.69, 9.17) is 0 Å². The molecule has 2 aliphatic carbocycles. The van der Waals surface area contributed by atoms with E-state index < -0.39 is 0 Å². The van der Waals surface area contributed by atoms with Gasteiger partial charge in [-0.3, -0.25) is 0 Å². The molecule has 2 rings (SSSR count). The van der Waals surface area contributed by atoms with Crippen molar-refractivity contribution in [1.29, 1.82) is 0 Å². The Hall–Kier alpha value is 0. The van der Waals surface area contributed by atoms with Crippen LogP contribution in [0, 0.1) is 23.7 Å². The maximum absolute atomic E-state index is 2.47. The van der Waals surface area contributed by atoms with Crippen molar-refractivity contribution in [2.75, 3.05) is 0 Å². The smallest absolute Gasteiger partial charge is 0.0360 e. The Balaban J connectivity index is 1.79. The third-order valence-corrected chi connectivity index (χ3v) is 4.38. The zero-order chi connectivity index (χ0) is 8.55. The summed E-state index contributed by atoms with van der Waals surface area (Å²) < 4.78 is 0. The molecule has 2 saturated carbocycles. The lowest BCUT2D eigenvalue weighted by molar-refractivity contribution is 0.101. The van der Waals surface area contributed by atoms with E-state index in [-0.39, 0.29) is 0 Å². The summed E-state index contributed by atoms with van der Waals surface area (Å²) in [6.07, 6.45) is 9.12. The molecule has 0 spiro atoms. The van der Waals surface area contributed by atoms with Crippen LogP contribution in [0.15, 0.2) is 0 Å². The average molecular weight is 166 g/mol. The van der Waals surface area contributed by atoms with Crippen LogP contribution in [0.3, 0.4) is 0 Å². The van der Waals surface area contributed by atoms with Gasteiger partial charge in [-0.15, -0.1) is 0 Å². The van der Waals surface area contributed by atoms with Crippen LogP contribution in [-0.2, 0) is 0 Å². The van der Waals surface area contributed by atoms with Gasteiger partial charge in [0.1, 0.15) is 0 Å². The first-order chi connectivity index (χ1) is 5.81. The summed E-state index contributed by atoms with van der Waals surface area (Å²) in [6.45, 7) is 4.82. The molecule has 0 aliphatic heterocycles. The molecule has 0 heterocycles. The molecule has 0 aromatic carbocycles. The van der Waals surface area contributed by atoms with Gasteiger partial charge in [0.2, 0.25) is 0 Å². The van der Waals surface area contributed by atoms with Gasteiger partial charge in [0, 0.05) is 0 Å². The Morgan fingerprint density at radius 1 is 1.17 bits per heavy atom. The Labute approximate surface area is 76.7 Å². The van der Waals surface area contributed by atoms with E-state index in [9.17, 15) is 0 Å². The summed E-state index contributed by atoms with van der Waals surface area (Å²) in [6, 6.07) is 0. The fourth-order valence-corrected chi connectivity index (χ4v) is 3.34. The van der Waals surface area contributed by atoms with E-state index in [2.05, 4.69) is 13.8 Å². The minimum absolute atomic E-state index is 1.05. The fraction of sp³-hybridized carbons (Fsp3) is 1.00. The van der Waals surface area contributed by atoms with Gasteiger partial charge in [0.05, 0.1) is 0 Å². The molecular formula is C12H22. The number of hydrogen-bond acceptors (Lipinski definition) is 0. The molecule has 2 unspecified atom stereocenters. The second-order valence-corrected chi connectivity index (χ2v) is 5.08. The third kappa shape index (κ3) is 1.41. The molecule has 0 heteroatoms. The maximum atomic E-state index is 2.47. The molecule has 2 atom stereocenters. The summed E-state index contributed by atoms with van der Waals surface area (Å²) in [7, 11) is 0. The SMILES string of the molecule is CCC1CC(C2CCCC2C)C1. The standard InChI is InChI=1S/C12H22/c1-3-10-7-11(8-10)12-6-4-5-9(12)2/h9-12H,3-8H2,1-2H3. The minimum atomic E-state index is 1.05. The molecule has 0 N–H and O–H groups in total. The van der Waals surface area contributed by atoms with Crippen LogP contribution in [-0.4, -0.2) is 0 Å². The van der Waals surface area contributed by atoms with Gasteiger partial charge in [-0.1, -0.05) is 33.1 Å². The average Bonchev–Trinajstić information content (AvgIpc) is 2.35. The van der Waals surface area contributed by atoms with Crippen molar-refractivity contribution in [3.63, 3.8) is 0 Å². The van der Waals surface area contributed by atoms with E-state index in [1.54, 1.807) is 19.3 Å². The van der Waals surface area contributed by atoms with Crippen LogP contribution >= 0.6 is 0 Å². The molecule has 70 valence electrons. The molecule has 0 amide bonds. The number of rotatable bonds is 2. The second kappa shape index (κ2) is 3.40. The predicted octanol–water partition coefficient (Wildman–Crippen LogP) is 3.86. The van der Waals surface area contributed by atoms with Gasteiger partial charge < -0.3 is 0 Å². The first-order valence-electron chi connectivity index (χ1n) is 5.81. The summed E-state index contributed by atoms with van der Waals surface area (Å²) in [5.74, 6) is 4.40. The van der Waals surface area contributed by atoms with Crippen LogP contribution in [0.25, 0.3) is 0 Å². The molecule has 0 bridgehead atoms. The normalized spacial score (nSPS) is 47.5. The lowest BCUT2D eigenvalue weighted by Crippen LogP contribution is -2.30. The Morgan fingerprint density at radius 3 is 2.42 bits per heavy atom. The van der Waals surface area contributed by atoms with Crippen molar-refractivity contribution < 1.29 is 0 Å². The van der Waals surface area contributed by atoms with Gasteiger partial charge in [0.25, 0.3) is 0 Å².